The van der Waals surface area contributed by atoms with Crippen molar-refractivity contribution in [3.05, 3.63) is 52.0 Å². The summed E-state index contributed by atoms with van der Waals surface area (Å²) in [6.07, 6.45) is 3.93. The lowest BCUT2D eigenvalue weighted by molar-refractivity contribution is 0.574. The number of thiophene rings is 1. The fourth-order valence-corrected chi connectivity index (χ4v) is 2.78. The van der Waals surface area contributed by atoms with Crippen LogP contribution in [0.25, 0.3) is 0 Å². The fraction of sp³-hybridized carbons (Fsp3) is 0.357. The van der Waals surface area contributed by atoms with Gasteiger partial charge in [0.05, 0.1) is 11.7 Å². The van der Waals surface area contributed by atoms with Crippen molar-refractivity contribution in [2.75, 3.05) is 7.05 Å². The summed E-state index contributed by atoms with van der Waals surface area (Å²) in [6, 6.07) is 8.78. The molecule has 0 aliphatic heterocycles. The highest BCUT2D eigenvalue weighted by Crippen LogP contribution is 2.22. The van der Waals surface area contributed by atoms with Gasteiger partial charge < -0.3 is 5.32 Å². The maximum Gasteiger partial charge on any atom is 0.0608 e. The second-order valence-electron chi connectivity index (χ2n) is 4.03. The molecule has 1 unspecified atom stereocenters. The molecule has 2 heterocycles. The number of aromatic nitrogens is 1. The van der Waals surface area contributed by atoms with Gasteiger partial charge in [0.25, 0.3) is 0 Å². The number of aryl methyl sites for hydroxylation is 1. The van der Waals surface area contributed by atoms with E-state index in [-0.39, 0.29) is 0 Å². The van der Waals surface area contributed by atoms with Gasteiger partial charge >= 0.3 is 0 Å². The van der Waals surface area contributed by atoms with E-state index in [4.69, 9.17) is 0 Å². The molecular formula is C14H18N2S. The minimum atomic E-state index is 0.310. The van der Waals surface area contributed by atoms with Crippen LogP contribution in [0.15, 0.2) is 35.8 Å². The highest BCUT2D eigenvalue weighted by atomic mass is 32.1. The fourth-order valence-electron chi connectivity index (χ4n) is 2.03. The second-order valence-corrected chi connectivity index (χ2v) is 5.06. The van der Waals surface area contributed by atoms with Gasteiger partial charge in [-0.15, -0.1) is 11.3 Å². The molecule has 1 atom stereocenters. The van der Waals surface area contributed by atoms with Gasteiger partial charge in [-0.2, -0.15) is 0 Å². The molecular weight excluding hydrogens is 228 g/mol. The van der Waals surface area contributed by atoms with E-state index in [0.717, 1.165) is 12.8 Å². The Hall–Kier alpha value is -1.19. The number of pyridine rings is 1. The van der Waals surface area contributed by atoms with E-state index < -0.39 is 0 Å². The Morgan fingerprint density at radius 3 is 2.88 bits per heavy atom. The molecule has 0 aliphatic rings. The number of rotatable bonds is 5. The minimum absolute atomic E-state index is 0.310. The molecule has 2 rings (SSSR count). The zero-order chi connectivity index (χ0) is 12.1. The van der Waals surface area contributed by atoms with Gasteiger partial charge in [0.1, 0.15) is 0 Å². The van der Waals surface area contributed by atoms with Crippen LogP contribution in [0.2, 0.25) is 0 Å². The van der Waals surface area contributed by atoms with Crippen molar-refractivity contribution < 1.29 is 0 Å². The summed E-state index contributed by atoms with van der Waals surface area (Å²) in [5.41, 5.74) is 2.52. The topological polar surface area (TPSA) is 24.9 Å². The predicted octanol–water partition coefficient (Wildman–Crippen LogP) is 3.21. The van der Waals surface area contributed by atoms with Crippen molar-refractivity contribution in [1.82, 2.24) is 10.3 Å². The molecule has 0 saturated heterocycles. The summed E-state index contributed by atoms with van der Waals surface area (Å²) in [7, 11) is 2.01. The van der Waals surface area contributed by atoms with Crippen LogP contribution >= 0.6 is 11.3 Å². The molecule has 0 aromatic carbocycles. The Kier molecular flexibility index (Phi) is 4.29. The van der Waals surface area contributed by atoms with Crippen molar-refractivity contribution in [3.8, 4) is 0 Å². The summed E-state index contributed by atoms with van der Waals surface area (Å²) >= 11 is 1.81. The zero-order valence-corrected chi connectivity index (χ0v) is 11.1. The SMILES string of the molecule is CCc1cccnc1C(Cc1cccs1)NC. The molecule has 0 bridgehead atoms. The van der Waals surface area contributed by atoms with Gasteiger partial charge in [0.15, 0.2) is 0 Å². The van der Waals surface area contributed by atoms with Gasteiger partial charge in [-0.05, 0) is 36.5 Å². The zero-order valence-electron chi connectivity index (χ0n) is 10.3. The van der Waals surface area contributed by atoms with E-state index in [0.29, 0.717) is 6.04 Å². The Morgan fingerprint density at radius 2 is 2.24 bits per heavy atom. The highest BCUT2D eigenvalue weighted by molar-refractivity contribution is 7.09. The van der Waals surface area contributed by atoms with Crippen LogP contribution in [0.3, 0.4) is 0 Å². The second kappa shape index (κ2) is 5.94. The molecule has 0 radical (unpaired) electrons. The third kappa shape index (κ3) is 2.93. The van der Waals surface area contributed by atoms with E-state index in [1.54, 1.807) is 11.3 Å². The number of nitrogens with one attached hydrogen (secondary N) is 1. The summed E-state index contributed by atoms with van der Waals surface area (Å²) in [4.78, 5) is 5.94. The standard InChI is InChI=1S/C14H18N2S/c1-3-11-6-4-8-16-14(11)13(15-2)10-12-7-5-9-17-12/h4-9,13,15H,3,10H2,1-2H3. The smallest absolute Gasteiger partial charge is 0.0608 e. The molecule has 3 heteroatoms. The van der Waals surface area contributed by atoms with E-state index in [1.165, 1.54) is 16.1 Å². The predicted molar refractivity (Wildman–Crippen MR) is 73.4 cm³/mol. The highest BCUT2D eigenvalue weighted by Gasteiger charge is 2.14. The maximum atomic E-state index is 4.54. The first-order chi connectivity index (χ1) is 8.35. The Balaban J connectivity index is 2.22. The first-order valence-electron chi connectivity index (χ1n) is 5.98. The third-order valence-corrected chi connectivity index (χ3v) is 3.87. The molecule has 17 heavy (non-hydrogen) atoms. The summed E-state index contributed by atoms with van der Waals surface area (Å²) < 4.78 is 0. The summed E-state index contributed by atoms with van der Waals surface area (Å²) in [5.74, 6) is 0. The van der Waals surface area contributed by atoms with Gasteiger partial charge in [-0.3, -0.25) is 4.98 Å². The van der Waals surface area contributed by atoms with Gasteiger partial charge in [-0.1, -0.05) is 19.1 Å². The van der Waals surface area contributed by atoms with Gasteiger partial charge in [0, 0.05) is 17.5 Å². The first-order valence-corrected chi connectivity index (χ1v) is 6.86. The Labute approximate surface area is 107 Å². The summed E-state index contributed by atoms with van der Waals surface area (Å²) in [5, 5.41) is 5.50. The molecule has 0 fully saturated rings. The number of hydrogen-bond donors (Lipinski definition) is 1. The van der Waals surface area contributed by atoms with Gasteiger partial charge in [0.2, 0.25) is 0 Å². The minimum Gasteiger partial charge on any atom is -0.311 e. The average molecular weight is 246 g/mol. The average Bonchev–Trinajstić information content (AvgIpc) is 2.89. The van der Waals surface area contributed by atoms with Crippen LogP contribution in [-0.2, 0) is 12.8 Å². The van der Waals surface area contributed by atoms with Crippen molar-refractivity contribution >= 4 is 11.3 Å². The Morgan fingerprint density at radius 1 is 1.35 bits per heavy atom. The van der Waals surface area contributed by atoms with Crippen LogP contribution in [0.1, 0.15) is 29.1 Å². The van der Waals surface area contributed by atoms with Crippen LogP contribution in [0.4, 0.5) is 0 Å². The maximum absolute atomic E-state index is 4.54. The first kappa shape index (κ1) is 12.3. The molecule has 2 aromatic rings. The van der Waals surface area contributed by atoms with Crippen LogP contribution in [-0.4, -0.2) is 12.0 Å². The lowest BCUT2D eigenvalue weighted by Crippen LogP contribution is -2.21. The van der Waals surface area contributed by atoms with Crippen molar-refractivity contribution in [1.29, 1.82) is 0 Å². The molecule has 0 spiro atoms. The lowest BCUT2D eigenvalue weighted by Gasteiger charge is -2.17. The quantitative estimate of drug-likeness (QED) is 0.876. The molecule has 0 amide bonds. The number of hydrogen-bond acceptors (Lipinski definition) is 3. The van der Waals surface area contributed by atoms with Crippen molar-refractivity contribution in [2.24, 2.45) is 0 Å². The molecule has 0 aliphatic carbocycles. The molecule has 0 saturated carbocycles. The van der Waals surface area contributed by atoms with Crippen LogP contribution in [0.5, 0.6) is 0 Å². The van der Waals surface area contributed by atoms with E-state index in [2.05, 4.69) is 40.8 Å². The largest absolute Gasteiger partial charge is 0.311 e. The van der Waals surface area contributed by atoms with Crippen molar-refractivity contribution in [3.63, 3.8) is 0 Å². The summed E-state index contributed by atoms with van der Waals surface area (Å²) in [6.45, 7) is 2.18. The van der Waals surface area contributed by atoms with Gasteiger partial charge in [-0.25, -0.2) is 0 Å². The Bertz CT molecular complexity index is 451. The molecule has 1 N–H and O–H groups in total. The number of likely N-dealkylation sites (N-methyl/N-ethyl adjacent to an activating group) is 1. The van der Waals surface area contributed by atoms with Crippen molar-refractivity contribution in [2.45, 2.75) is 25.8 Å². The van der Waals surface area contributed by atoms with Crippen LogP contribution < -0.4 is 5.32 Å². The molecule has 2 aromatic heterocycles. The van der Waals surface area contributed by atoms with E-state index in [1.807, 2.05) is 19.3 Å². The number of nitrogens with zero attached hydrogens (tertiary/aromatic N) is 1. The molecule has 90 valence electrons. The lowest BCUT2D eigenvalue weighted by atomic mass is 10.0. The monoisotopic (exact) mass is 246 g/mol. The van der Waals surface area contributed by atoms with E-state index >= 15 is 0 Å². The third-order valence-electron chi connectivity index (χ3n) is 2.97. The molecule has 2 nitrogen and oxygen atoms in total. The normalized spacial score (nSPS) is 12.6. The van der Waals surface area contributed by atoms with E-state index in [9.17, 15) is 0 Å². The van der Waals surface area contributed by atoms with Crippen LogP contribution in [0, 0.1) is 0 Å².